The summed E-state index contributed by atoms with van der Waals surface area (Å²) in [6.07, 6.45) is 2.28. The average molecular weight is 317 g/mol. The topological polar surface area (TPSA) is 72.5 Å². The lowest BCUT2D eigenvalue weighted by atomic mass is 10.2. The summed E-state index contributed by atoms with van der Waals surface area (Å²) >= 11 is 0. The molecule has 5 nitrogen and oxygen atoms in total. The van der Waals surface area contributed by atoms with Gasteiger partial charge in [0.05, 0.1) is 12.0 Å². The predicted octanol–water partition coefficient (Wildman–Crippen LogP) is 2.15. The third-order valence-corrected chi connectivity index (χ3v) is 4.62. The first kappa shape index (κ1) is 17.6. The van der Waals surface area contributed by atoms with Crippen LogP contribution < -0.4 is 4.72 Å². The van der Waals surface area contributed by atoms with Crippen molar-refractivity contribution < 1.29 is 22.3 Å². The van der Waals surface area contributed by atoms with Crippen molar-refractivity contribution in [2.75, 3.05) is 13.7 Å². The van der Waals surface area contributed by atoms with Crippen LogP contribution in [0, 0.1) is 12.7 Å². The Morgan fingerprint density at radius 1 is 1.29 bits per heavy atom. The van der Waals surface area contributed by atoms with Crippen molar-refractivity contribution >= 4 is 16.0 Å². The van der Waals surface area contributed by atoms with Gasteiger partial charge in [-0.1, -0.05) is 12.5 Å². The van der Waals surface area contributed by atoms with E-state index in [0.29, 0.717) is 31.2 Å². The molecule has 0 amide bonds. The highest BCUT2D eigenvalue weighted by Gasteiger charge is 2.16. The minimum absolute atomic E-state index is 0.0444. The summed E-state index contributed by atoms with van der Waals surface area (Å²) in [4.78, 5) is 10.8. The lowest BCUT2D eigenvalue weighted by Gasteiger charge is -2.09. The minimum atomic E-state index is -3.70. The molecule has 1 N–H and O–H groups in total. The Kier molecular flexibility index (Phi) is 6.77. The van der Waals surface area contributed by atoms with E-state index in [2.05, 4.69) is 9.46 Å². The number of esters is 1. The maximum Gasteiger partial charge on any atom is 0.305 e. The van der Waals surface area contributed by atoms with E-state index in [4.69, 9.17) is 0 Å². The van der Waals surface area contributed by atoms with Gasteiger partial charge in [-0.05, 0) is 37.5 Å². The van der Waals surface area contributed by atoms with Gasteiger partial charge in [0.25, 0.3) is 0 Å². The van der Waals surface area contributed by atoms with E-state index in [0.717, 1.165) is 6.07 Å². The van der Waals surface area contributed by atoms with Crippen LogP contribution in [0.25, 0.3) is 0 Å². The highest BCUT2D eigenvalue weighted by molar-refractivity contribution is 7.89. The van der Waals surface area contributed by atoms with Crippen LogP contribution in [-0.2, 0) is 19.6 Å². The normalized spacial score (nSPS) is 11.4. The van der Waals surface area contributed by atoms with Gasteiger partial charge in [-0.15, -0.1) is 0 Å². The summed E-state index contributed by atoms with van der Waals surface area (Å²) in [6, 6.07) is 3.66. The highest BCUT2D eigenvalue weighted by atomic mass is 32.2. The summed E-state index contributed by atoms with van der Waals surface area (Å²) in [5.74, 6) is -0.856. The zero-order valence-electron chi connectivity index (χ0n) is 12.2. The van der Waals surface area contributed by atoms with Crippen molar-refractivity contribution in [2.24, 2.45) is 0 Å². The maximum absolute atomic E-state index is 13.1. The van der Waals surface area contributed by atoms with Crippen LogP contribution in [0.2, 0.25) is 0 Å². The molecule has 0 saturated carbocycles. The van der Waals surface area contributed by atoms with Crippen molar-refractivity contribution in [3.63, 3.8) is 0 Å². The van der Waals surface area contributed by atoms with Gasteiger partial charge in [0.1, 0.15) is 5.82 Å². The zero-order valence-corrected chi connectivity index (χ0v) is 13.0. The standard InChI is InChI=1S/C14H20FNO4S/c1-11-7-8-12(15)10-13(11)21(18,19)16-9-5-3-4-6-14(17)20-2/h7-8,10,16H,3-6,9H2,1-2H3. The second kappa shape index (κ2) is 8.09. The second-order valence-electron chi connectivity index (χ2n) is 4.69. The smallest absolute Gasteiger partial charge is 0.305 e. The van der Waals surface area contributed by atoms with Crippen LogP contribution in [0.4, 0.5) is 4.39 Å². The molecule has 0 bridgehead atoms. The second-order valence-corrected chi connectivity index (χ2v) is 6.43. The Bertz CT molecular complexity index is 587. The van der Waals surface area contributed by atoms with Crippen molar-refractivity contribution in [1.82, 2.24) is 4.72 Å². The van der Waals surface area contributed by atoms with Crippen LogP contribution in [0.1, 0.15) is 31.2 Å². The van der Waals surface area contributed by atoms with Gasteiger partial charge in [0.2, 0.25) is 10.0 Å². The van der Waals surface area contributed by atoms with Gasteiger partial charge >= 0.3 is 5.97 Å². The van der Waals surface area contributed by atoms with E-state index in [9.17, 15) is 17.6 Å². The third kappa shape index (κ3) is 5.81. The molecule has 0 aliphatic carbocycles. The molecule has 0 aliphatic rings. The fraction of sp³-hybridized carbons (Fsp3) is 0.500. The summed E-state index contributed by atoms with van der Waals surface area (Å²) in [6.45, 7) is 1.86. The first-order valence-electron chi connectivity index (χ1n) is 6.69. The van der Waals surface area contributed by atoms with E-state index in [1.54, 1.807) is 6.92 Å². The number of halogens is 1. The Hall–Kier alpha value is -1.47. The third-order valence-electron chi connectivity index (χ3n) is 3.02. The molecule has 21 heavy (non-hydrogen) atoms. The zero-order chi connectivity index (χ0) is 15.9. The lowest BCUT2D eigenvalue weighted by molar-refractivity contribution is -0.140. The van der Waals surface area contributed by atoms with E-state index < -0.39 is 15.8 Å². The number of hydrogen-bond acceptors (Lipinski definition) is 4. The molecule has 0 heterocycles. The Morgan fingerprint density at radius 2 is 2.00 bits per heavy atom. The molecule has 0 spiro atoms. The Balaban J connectivity index is 2.43. The van der Waals surface area contributed by atoms with E-state index in [1.165, 1.54) is 19.2 Å². The fourth-order valence-corrected chi connectivity index (χ4v) is 3.15. The Labute approximate surface area is 124 Å². The van der Waals surface area contributed by atoms with Crippen LogP contribution in [0.5, 0.6) is 0 Å². The van der Waals surface area contributed by atoms with Gasteiger partial charge in [0, 0.05) is 13.0 Å². The number of benzene rings is 1. The predicted molar refractivity (Wildman–Crippen MR) is 76.8 cm³/mol. The van der Waals surface area contributed by atoms with Crippen molar-refractivity contribution in [1.29, 1.82) is 0 Å². The van der Waals surface area contributed by atoms with Crippen LogP contribution >= 0.6 is 0 Å². The number of rotatable bonds is 8. The van der Waals surface area contributed by atoms with E-state index >= 15 is 0 Å². The number of methoxy groups -OCH3 is 1. The van der Waals surface area contributed by atoms with Gasteiger partial charge in [0.15, 0.2) is 0 Å². The molecule has 0 radical (unpaired) electrons. The molecule has 1 rings (SSSR count). The van der Waals surface area contributed by atoms with Gasteiger partial charge in [-0.25, -0.2) is 17.5 Å². The number of ether oxygens (including phenoxy) is 1. The first-order valence-corrected chi connectivity index (χ1v) is 8.18. The maximum atomic E-state index is 13.1. The van der Waals surface area contributed by atoms with Crippen LogP contribution in [0.3, 0.4) is 0 Å². The van der Waals surface area contributed by atoms with Gasteiger partial charge in [-0.3, -0.25) is 4.79 Å². The number of hydrogen-bond donors (Lipinski definition) is 1. The quantitative estimate of drug-likeness (QED) is 0.589. The largest absolute Gasteiger partial charge is 0.469 e. The number of carbonyl (C=O) groups excluding carboxylic acids is 1. The molecule has 7 heteroatoms. The summed E-state index contributed by atoms with van der Waals surface area (Å²) in [5, 5.41) is 0. The Morgan fingerprint density at radius 3 is 2.67 bits per heavy atom. The van der Waals surface area contributed by atoms with Gasteiger partial charge in [-0.2, -0.15) is 0 Å². The number of sulfonamides is 1. The molecular formula is C14H20FNO4S. The van der Waals surface area contributed by atoms with E-state index in [-0.39, 0.29) is 17.4 Å². The molecule has 0 unspecified atom stereocenters. The molecule has 1 aromatic rings. The molecule has 0 saturated heterocycles. The molecule has 0 atom stereocenters. The van der Waals surface area contributed by atoms with Crippen molar-refractivity contribution in [2.45, 2.75) is 37.5 Å². The average Bonchev–Trinajstić information content (AvgIpc) is 2.44. The molecule has 0 fully saturated rings. The van der Waals surface area contributed by atoms with E-state index in [1.807, 2.05) is 0 Å². The van der Waals surface area contributed by atoms with Gasteiger partial charge < -0.3 is 4.74 Å². The fourth-order valence-electron chi connectivity index (χ4n) is 1.82. The first-order chi connectivity index (χ1) is 9.86. The molecule has 118 valence electrons. The SMILES string of the molecule is COC(=O)CCCCCNS(=O)(=O)c1cc(F)ccc1C. The highest BCUT2D eigenvalue weighted by Crippen LogP contribution is 2.16. The summed E-state index contributed by atoms with van der Waals surface area (Å²) in [5.41, 5.74) is 0.495. The minimum Gasteiger partial charge on any atom is -0.469 e. The number of carbonyl (C=O) groups is 1. The van der Waals surface area contributed by atoms with Crippen LogP contribution in [0.15, 0.2) is 23.1 Å². The molecule has 0 aromatic heterocycles. The number of aryl methyl sites for hydroxylation is 1. The molecular weight excluding hydrogens is 297 g/mol. The van der Waals surface area contributed by atoms with Crippen LogP contribution in [-0.4, -0.2) is 28.0 Å². The number of unbranched alkanes of at least 4 members (excludes halogenated alkanes) is 2. The lowest BCUT2D eigenvalue weighted by Crippen LogP contribution is -2.25. The summed E-state index contributed by atoms with van der Waals surface area (Å²) < 4.78 is 44.2. The summed E-state index contributed by atoms with van der Waals surface area (Å²) in [7, 11) is -2.37. The number of nitrogens with one attached hydrogen (secondary N) is 1. The van der Waals surface area contributed by atoms with Crippen molar-refractivity contribution in [3.8, 4) is 0 Å². The monoisotopic (exact) mass is 317 g/mol. The molecule has 1 aromatic carbocycles. The molecule has 0 aliphatic heterocycles. The van der Waals surface area contributed by atoms with Crippen molar-refractivity contribution in [3.05, 3.63) is 29.6 Å².